The van der Waals surface area contributed by atoms with Gasteiger partial charge in [-0.05, 0) is 60.7 Å². The SMILES string of the molecule is CCC1C[C@H]2C[C@@H]1C1C3C=C[C@H](C3)C12. The summed E-state index contributed by atoms with van der Waals surface area (Å²) in [5, 5.41) is 0. The fourth-order valence-corrected chi connectivity index (χ4v) is 5.62. The molecule has 0 aromatic rings. The van der Waals surface area contributed by atoms with Crippen molar-refractivity contribution in [2.45, 2.75) is 32.6 Å². The van der Waals surface area contributed by atoms with Gasteiger partial charge in [0, 0.05) is 0 Å². The van der Waals surface area contributed by atoms with Gasteiger partial charge in [0.2, 0.25) is 0 Å². The summed E-state index contributed by atoms with van der Waals surface area (Å²) in [6, 6.07) is 0. The average Bonchev–Trinajstić information content (AvgIpc) is 2.94. The minimum Gasteiger partial charge on any atom is -0.0848 e. The van der Waals surface area contributed by atoms with Crippen molar-refractivity contribution in [1.29, 1.82) is 0 Å². The Labute approximate surface area is 86.8 Å². The van der Waals surface area contributed by atoms with E-state index in [0.717, 1.165) is 41.4 Å². The first kappa shape index (κ1) is 7.96. The second-order valence-corrected chi connectivity index (χ2v) is 6.17. The third-order valence-corrected chi connectivity index (χ3v) is 5.93. The van der Waals surface area contributed by atoms with Crippen LogP contribution in [0.3, 0.4) is 0 Å². The second kappa shape index (κ2) is 2.46. The summed E-state index contributed by atoms with van der Waals surface area (Å²) in [6.07, 6.45) is 11.3. The minimum absolute atomic E-state index is 1.01. The number of rotatable bonds is 1. The highest BCUT2D eigenvalue weighted by atomic mass is 14.6. The molecule has 0 spiro atoms. The summed E-state index contributed by atoms with van der Waals surface area (Å²) >= 11 is 0. The standard InChI is InChI=1S/C14H20/c1-2-8-5-11-7-12(8)14-10-4-3-9(6-10)13(11)14/h3-4,8-14H,2,5-7H2,1H3/t8?,9-,10?,11+,12+,13?,14?/m1/s1. The summed E-state index contributed by atoms with van der Waals surface area (Å²) in [5.41, 5.74) is 0. The first-order valence-corrected chi connectivity index (χ1v) is 6.56. The Morgan fingerprint density at radius 1 is 1.00 bits per heavy atom. The maximum atomic E-state index is 2.55. The highest BCUT2D eigenvalue weighted by molar-refractivity contribution is 5.20. The van der Waals surface area contributed by atoms with E-state index in [1.165, 1.54) is 12.8 Å². The highest BCUT2D eigenvalue weighted by Gasteiger charge is 2.60. The zero-order valence-electron chi connectivity index (χ0n) is 9.02. The van der Waals surface area contributed by atoms with Gasteiger partial charge >= 0.3 is 0 Å². The lowest BCUT2D eigenvalue weighted by Crippen LogP contribution is -2.30. The number of hydrogen-bond acceptors (Lipinski definition) is 0. The van der Waals surface area contributed by atoms with Crippen LogP contribution in [0.1, 0.15) is 32.6 Å². The molecule has 4 unspecified atom stereocenters. The molecule has 0 aliphatic heterocycles. The van der Waals surface area contributed by atoms with Crippen molar-refractivity contribution in [3.63, 3.8) is 0 Å². The lowest BCUT2D eigenvalue weighted by atomic mass is 9.69. The molecule has 4 aliphatic carbocycles. The van der Waals surface area contributed by atoms with E-state index in [9.17, 15) is 0 Å². The Balaban J connectivity index is 1.72. The van der Waals surface area contributed by atoms with Crippen LogP contribution in [-0.2, 0) is 0 Å². The minimum atomic E-state index is 1.01. The Morgan fingerprint density at radius 2 is 1.79 bits per heavy atom. The fraction of sp³-hybridized carbons (Fsp3) is 0.857. The summed E-state index contributed by atoms with van der Waals surface area (Å²) in [5.74, 6) is 7.66. The Hall–Kier alpha value is -0.260. The van der Waals surface area contributed by atoms with Crippen LogP contribution in [-0.4, -0.2) is 0 Å². The topological polar surface area (TPSA) is 0 Å². The third kappa shape index (κ3) is 0.741. The van der Waals surface area contributed by atoms with Crippen molar-refractivity contribution in [3.05, 3.63) is 12.2 Å². The normalized spacial score (nSPS) is 62.5. The molecule has 14 heavy (non-hydrogen) atoms. The molecule has 0 aromatic carbocycles. The molecule has 0 nitrogen and oxygen atoms in total. The molecule has 76 valence electrons. The van der Waals surface area contributed by atoms with E-state index in [-0.39, 0.29) is 0 Å². The molecular formula is C14H20. The molecule has 0 amide bonds. The zero-order valence-corrected chi connectivity index (χ0v) is 9.02. The first-order chi connectivity index (χ1) is 6.88. The molecular weight excluding hydrogens is 168 g/mol. The average molecular weight is 188 g/mol. The predicted molar refractivity (Wildman–Crippen MR) is 57.7 cm³/mol. The van der Waals surface area contributed by atoms with Crippen LogP contribution < -0.4 is 0 Å². The van der Waals surface area contributed by atoms with Gasteiger partial charge in [0.15, 0.2) is 0 Å². The summed E-state index contributed by atoms with van der Waals surface area (Å²) in [7, 11) is 0. The van der Waals surface area contributed by atoms with Crippen LogP contribution in [0.25, 0.3) is 0 Å². The molecule has 0 N–H and O–H groups in total. The van der Waals surface area contributed by atoms with Gasteiger partial charge in [0.25, 0.3) is 0 Å². The van der Waals surface area contributed by atoms with E-state index in [1.807, 2.05) is 0 Å². The van der Waals surface area contributed by atoms with E-state index in [2.05, 4.69) is 19.1 Å². The summed E-state index contributed by atoms with van der Waals surface area (Å²) in [6.45, 7) is 2.41. The molecule has 0 radical (unpaired) electrons. The van der Waals surface area contributed by atoms with Crippen LogP contribution in [0.4, 0.5) is 0 Å². The summed E-state index contributed by atoms with van der Waals surface area (Å²) < 4.78 is 0. The molecule has 0 saturated heterocycles. The number of allylic oxidation sites excluding steroid dienone is 2. The summed E-state index contributed by atoms with van der Waals surface area (Å²) in [4.78, 5) is 0. The van der Waals surface area contributed by atoms with Crippen LogP contribution in [0.15, 0.2) is 12.2 Å². The first-order valence-electron chi connectivity index (χ1n) is 6.56. The predicted octanol–water partition coefficient (Wildman–Crippen LogP) is 3.49. The molecule has 3 fully saturated rings. The molecule has 4 rings (SSSR count). The Kier molecular flexibility index (Phi) is 1.40. The van der Waals surface area contributed by atoms with Crippen LogP contribution in [0, 0.1) is 41.4 Å². The quantitative estimate of drug-likeness (QED) is 0.436. The molecule has 7 atom stereocenters. The Morgan fingerprint density at radius 3 is 2.57 bits per heavy atom. The molecule has 3 saturated carbocycles. The third-order valence-electron chi connectivity index (χ3n) is 5.93. The largest absolute Gasteiger partial charge is 0.0848 e. The highest BCUT2D eigenvalue weighted by Crippen LogP contribution is 2.67. The van der Waals surface area contributed by atoms with Crippen molar-refractivity contribution in [2.24, 2.45) is 41.4 Å². The lowest BCUT2D eigenvalue weighted by Gasteiger charge is -2.36. The maximum absolute atomic E-state index is 2.55. The van der Waals surface area contributed by atoms with Gasteiger partial charge < -0.3 is 0 Å². The van der Waals surface area contributed by atoms with Gasteiger partial charge in [-0.1, -0.05) is 25.5 Å². The van der Waals surface area contributed by atoms with Crippen molar-refractivity contribution >= 4 is 0 Å². The number of fused-ring (bicyclic) bond motifs is 9. The lowest BCUT2D eigenvalue weighted by molar-refractivity contribution is 0.147. The fourth-order valence-electron chi connectivity index (χ4n) is 5.62. The molecule has 4 bridgehead atoms. The molecule has 0 heterocycles. The van der Waals surface area contributed by atoms with E-state index in [0.29, 0.717) is 0 Å². The Bertz CT molecular complexity index is 290. The van der Waals surface area contributed by atoms with Crippen molar-refractivity contribution in [2.75, 3.05) is 0 Å². The smallest absolute Gasteiger partial charge is 0.0194 e. The van der Waals surface area contributed by atoms with E-state index < -0.39 is 0 Å². The zero-order chi connectivity index (χ0) is 9.28. The second-order valence-electron chi connectivity index (χ2n) is 6.17. The van der Waals surface area contributed by atoms with Gasteiger partial charge in [0.1, 0.15) is 0 Å². The molecule has 4 aliphatic rings. The van der Waals surface area contributed by atoms with Crippen molar-refractivity contribution < 1.29 is 0 Å². The van der Waals surface area contributed by atoms with Crippen LogP contribution in [0.2, 0.25) is 0 Å². The van der Waals surface area contributed by atoms with Gasteiger partial charge in [0.05, 0.1) is 0 Å². The van der Waals surface area contributed by atoms with Crippen molar-refractivity contribution in [1.82, 2.24) is 0 Å². The van der Waals surface area contributed by atoms with Gasteiger partial charge in [-0.25, -0.2) is 0 Å². The van der Waals surface area contributed by atoms with E-state index in [4.69, 9.17) is 0 Å². The van der Waals surface area contributed by atoms with Gasteiger partial charge in [-0.15, -0.1) is 0 Å². The van der Waals surface area contributed by atoms with Gasteiger partial charge in [-0.2, -0.15) is 0 Å². The number of hydrogen-bond donors (Lipinski definition) is 0. The molecule has 0 heteroatoms. The maximum Gasteiger partial charge on any atom is -0.0194 e. The monoisotopic (exact) mass is 188 g/mol. The van der Waals surface area contributed by atoms with Crippen molar-refractivity contribution in [3.8, 4) is 0 Å². The molecule has 0 aromatic heterocycles. The van der Waals surface area contributed by atoms with Crippen LogP contribution in [0.5, 0.6) is 0 Å². The van der Waals surface area contributed by atoms with E-state index in [1.54, 1.807) is 12.8 Å². The van der Waals surface area contributed by atoms with E-state index >= 15 is 0 Å². The van der Waals surface area contributed by atoms with Gasteiger partial charge in [-0.3, -0.25) is 0 Å². The van der Waals surface area contributed by atoms with Crippen LogP contribution >= 0.6 is 0 Å².